The summed E-state index contributed by atoms with van der Waals surface area (Å²) in [5.74, 6) is -0.298. The Hall–Kier alpha value is -1.14. The Morgan fingerprint density at radius 2 is 1.86 bits per heavy atom. The van der Waals surface area contributed by atoms with Crippen molar-refractivity contribution in [2.45, 2.75) is 49.5 Å². The molecule has 0 bridgehead atoms. The first kappa shape index (κ1) is 14.8. The molecule has 1 saturated heterocycles. The molecule has 3 rings (SSSR count). The second-order valence-corrected chi connectivity index (χ2v) is 7.92. The quantitative estimate of drug-likeness (QED) is 0.854. The van der Waals surface area contributed by atoms with E-state index in [0.717, 1.165) is 38.2 Å². The van der Waals surface area contributed by atoms with E-state index in [1.54, 1.807) is 0 Å². The third kappa shape index (κ3) is 2.66. The number of nitrogen functional groups attached to an aromatic ring is 1. The highest BCUT2D eigenvalue weighted by atomic mass is 32.2. The van der Waals surface area contributed by atoms with Gasteiger partial charge < -0.3 is 5.73 Å². The number of hydrogen-bond acceptors (Lipinski definition) is 3. The number of hydrogen-bond donors (Lipinski definition) is 1. The average molecular weight is 312 g/mol. The Bertz CT molecular complexity index is 631. The third-order valence-electron chi connectivity index (χ3n) is 4.73. The van der Waals surface area contributed by atoms with Crippen molar-refractivity contribution in [2.75, 3.05) is 12.3 Å². The fourth-order valence-corrected chi connectivity index (χ4v) is 5.58. The molecule has 1 aliphatic carbocycles. The summed E-state index contributed by atoms with van der Waals surface area (Å²) < 4.78 is 41.2. The van der Waals surface area contributed by atoms with Crippen LogP contribution >= 0.6 is 0 Å². The maximum absolute atomic E-state index is 14.0. The number of fused-ring (bicyclic) bond motifs is 1. The van der Waals surface area contributed by atoms with Crippen LogP contribution in [0.1, 0.15) is 38.5 Å². The predicted octanol–water partition coefficient (Wildman–Crippen LogP) is 2.75. The first-order valence-electron chi connectivity index (χ1n) is 7.57. The predicted molar refractivity (Wildman–Crippen MR) is 79.7 cm³/mol. The van der Waals surface area contributed by atoms with Gasteiger partial charge in [0.05, 0.1) is 0 Å². The van der Waals surface area contributed by atoms with Crippen LogP contribution in [-0.2, 0) is 10.0 Å². The van der Waals surface area contributed by atoms with Gasteiger partial charge in [0, 0.05) is 18.3 Å². The Labute approximate surface area is 125 Å². The lowest BCUT2D eigenvalue weighted by molar-refractivity contribution is 0.129. The van der Waals surface area contributed by atoms with E-state index in [2.05, 4.69) is 0 Å². The Kier molecular flexibility index (Phi) is 3.92. The second kappa shape index (κ2) is 5.57. The standard InChI is InChI=1S/C15H21FN2O2S/c16-13-8-7-12(17)10-15(13)21(19,20)18-9-3-5-11-4-1-2-6-14(11)18/h7-8,10-11,14H,1-6,9,17H2/t11-,14-/m1/s1. The van der Waals surface area contributed by atoms with Crippen molar-refractivity contribution in [3.8, 4) is 0 Å². The first-order valence-corrected chi connectivity index (χ1v) is 9.01. The zero-order chi connectivity index (χ0) is 15.0. The summed E-state index contributed by atoms with van der Waals surface area (Å²) in [4.78, 5) is -0.284. The maximum Gasteiger partial charge on any atom is 0.246 e. The lowest BCUT2D eigenvalue weighted by Crippen LogP contribution is -2.49. The highest BCUT2D eigenvalue weighted by Crippen LogP contribution is 2.38. The van der Waals surface area contributed by atoms with Gasteiger partial charge in [0.2, 0.25) is 10.0 Å². The third-order valence-corrected chi connectivity index (χ3v) is 6.67. The van der Waals surface area contributed by atoms with Crippen LogP contribution < -0.4 is 5.73 Å². The van der Waals surface area contributed by atoms with Crippen molar-refractivity contribution >= 4 is 15.7 Å². The number of rotatable bonds is 2. The van der Waals surface area contributed by atoms with Gasteiger partial charge in [-0.05, 0) is 49.8 Å². The minimum atomic E-state index is -3.81. The summed E-state index contributed by atoms with van der Waals surface area (Å²) in [6, 6.07) is 3.77. The zero-order valence-electron chi connectivity index (χ0n) is 12.0. The molecule has 1 aliphatic heterocycles. The largest absolute Gasteiger partial charge is 0.399 e. The molecule has 0 radical (unpaired) electrons. The van der Waals surface area contributed by atoms with E-state index in [9.17, 15) is 12.8 Å². The molecule has 0 amide bonds. The van der Waals surface area contributed by atoms with E-state index in [1.165, 1.54) is 22.9 Å². The molecule has 0 unspecified atom stereocenters. The molecule has 21 heavy (non-hydrogen) atoms. The fraction of sp³-hybridized carbons (Fsp3) is 0.600. The minimum absolute atomic E-state index is 0.0262. The van der Waals surface area contributed by atoms with Gasteiger partial charge in [0.1, 0.15) is 10.7 Å². The molecule has 0 spiro atoms. The lowest BCUT2D eigenvalue weighted by Gasteiger charge is -2.43. The van der Waals surface area contributed by atoms with Crippen LogP contribution in [0, 0.1) is 11.7 Å². The van der Waals surface area contributed by atoms with E-state index in [4.69, 9.17) is 5.73 Å². The fourth-order valence-electron chi connectivity index (χ4n) is 3.72. The van der Waals surface area contributed by atoms with Crippen LogP contribution in [0.2, 0.25) is 0 Å². The molecule has 1 aromatic carbocycles. The molecule has 2 atom stereocenters. The lowest BCUT2D eigenvalue weighted by atomic mass is 9.79. The number of nitrogens with zero attached hydrogens (tertiary/aromatic N) is 1. The maximum atomic E-state index is 14.0. The number of piperidine rings is 1. The highest BCUT2D eigenvalue weighted by Gasteiger charge is 2.40. The second-order valence-electron chi connectivity index (χ2n) is 6.06. The molecule has 1 heterocycles. The smallest absolute Gasteiger partial charge is 0.246 e. The van der Waals surface area contributed by atoms with E-state index < -0.39 is 15.8 Å². The Morgan fingerprint density at radius 3 is 2.67 bits per heavy atom. The van der Waals surface area contributed by atoms with Crippen LogP contribution in [0.4, 0.5) is 10.1 Å². The molecule has 4 nitrogen and oxygen atoms in total. The van der Waals surface area contributed by atoms with E-state index in [1.807, 2.05) is 0 Å². The number of nitrogens with two attached hydrogens (primary N) is 1. The summed E-state index contributed by atoms with van der Waals surface area (Å²) >= 11 is 0. The molecule has 0 aromatic heterocycles. The van der Waals surface area contributed by atoms with E-state index >= 15 is 0 Å². The van der Waals surface area contributed by atoms with Gasteiger partial charge in [-0.1, -0.05) is 12.8 Å². The molecule has 1 saturated carbocycles. The molecule has 116 valence electrons. The highest BCUT2D eigenvalue weighted by molar-refractivity contribution is 7.89. The molecule has 2 N–H and O–H groups in total. The summed E-state index contributed by atoms with van der Waals surface area (Å²) in [6.07, 6.45) is 6.11. The molecule has 2 fully saturated rings. The minimum Gasteiger partial charge on any atom is -0.399 e. The number of anilines is 1. The topological polar surface area (TPSA) is 63.4 Å². The van der Waals surface area contributed by atoms with Gasteiger partial charge in [0.15, 0.2) is 0 Å². The average Bonchev–Trinajstić information content (AvgIpc) is 2.49. The Balaban J connectivity index is 1.98. The van der Waals surface area contributed by atoms with Crippen molar-refractivity contribution < 1.29 is 12.8 Å². The SMILES string of the molecule is Nc1ccc(F)c(S(=O)(=O)N2CCC[C@H]3CCCC[C@H]32)c1. The number of benzene rings is 1. The molecule has 1 aromatic rings. The van der Waals surface area contributed by atoms with Gasteiger partial charge >= 0.3 is 0 Å². The summed E-state index contributed by atoms with van der Waals surface area (Å²) in [5.41, 5.74) is 5.91. The van der Waals surface area contributed by atoms with Gasteiger partial charge in [-0.25, -0.2) is 12.8 Å². The zero-order valence-corrected chi connectivity index (χ0v) is 12.8. The van der Waals surface area contributed by atoms with Gasteiger partial charge in [-0.3, -0.25) is 0 Å². The van der Waals surface area contributed by atoms with Gasteiger partial charge in [-0.2, -0.15) is 4.31 Å². The number of halogens is 1. The van der Waals surface area contributed by atoms with E-state index in [0.29, 0.717) is 12.5 Å². The molecule has 2 aliphatic rings. The first-order chi connectivity index (χ1) is 10.00. The Morgan fingerprint density at radius 1 is 1.14 bits per heavy atom. The summed E-state index contributed by atoms with van der Waals surface area (Å²) in [7, 11) is -3.81. The molecule has 6 heteroatoms. The summed E-state index contributed by atoms with van der Waals surface area (Å²) in [5, 5.41) is 0. The van der Waals surface area contributed by atoms with Gasteiger partial charge in [-0.15, -0.1) is 0 Å². The van der Waals surface area contributed by atoms with Gasteiger partial charge in [0.25, 0.3) is 0 Å². The van der Waals surface area contributed by atoms with Crippen LogP contribution in [0.25, 0.3) is 0 Å². The van der Waals surface area contributed by atoms with Crippen molar-refractivity contribution in [3.05, 3.63) is 24.0 Å². The van der Waals surface area contributed by atoms with Crippen molar-refractivity contribution in [2.24, 2.45) is 5.92 Å². The van der Waals surface area contributed by atoms with E-state index in [-0.39, 0.29) is 16.6 Å². The van der Waals surface area contributed by atoms with Crippen LogP contribution in [0.5, 0.6) is 0 Å². The normalized spacial score (nSPS) is 27.3. The van der Waals surface area contributed by atoms with Crippen LogP contribution in [0.3, 0.4) is 0 Å². The van der Waals surface area contributed by atoms with Crippen LogP contribution in [0.15, 0.2) is 23.1 Å². The summed E-state index contributed by atoms with van der Waals surface area (Å²) in [6.45, 7) is 0.484. The van der Waals surface area contributed by atoms with Crippen LogP contribution in [-0.4, -0.2) is 25.3 Å². The van der Waals surface area contributed by atoms with Crippen molar-refractivity contribution in [1.29, 1.82) is 0 Å². The number of sulfonamides is 1. The van der Waals surface area contributed by atoms with Crippen molar-refractivity contribution in [3.63, 3.8) is 0 Å². The van der Waals surface area contributed by atoms with Crippen molar-refractivity contribution in [1.82, 2.24) is 4.31 Å². The monoisotopic (exact) mass is 312 g/mol. The molecular formula is C15H21FN2O2S. The molecular weight excluding hydrogens is 291 g/mol.